The first-order valence-electron chi connectivity index (χ1n) is 10.2. The van der Waals surface area contributed by atoms with Crippen LogP contribution in [-0.4, -0.2) is 31.0 Å². The number of Topliss-reactive ketones (excluding diaryl/α,β-unsaturated/α-hetero) is 1. The zero-order chi connectivity index (χ0) is 23.7. The molecular formula is C26H22ClNO5. The number of benzene rings is 3. The predicted molar refractivity (Wildman–Crippen MR) is 127 cm³/mol. The maximum absolute atomic E-state index is 13.3. The van der Waals surface area contributed by atoms with E-state index in [9.17, 15) is 14.7 Å². The van der Waals surface area contributed by atoms with Gasteiger partial charge >= 0.3 is 0 Å². The fourth-order valence-electron chi connectivity index (χ4n) is 3.92. The predicted octanol–water partition coefficient (Wildman–Crippen LogP) is 5.29. The number of hydrogen-bond donors (Lipinski definition) is 1. The molecule has 1 N–H and O–H groups in total. The van der Waals surface area contributed by atoms with Crippen LogP contribution in [0.25, 0.3) is 5.76 Å². The number of carbonyl (C=O) groups is 2. The lowest BCUT2D eigenvalue weighted by molar-refractivity contribution is -0.132. The molecule has 1 heterocycles. The molecule has 33 heavy (non-hydrogen) atoms. The smallest absolute Gasteiger partial charge is 0.300 e. The van der Waals surface area contributed by atoms with E-state index in [0.717, 1.165) is 5.56 Å². The van der Waals surface area contributed by atoms with Crippen molar-refractivity contribution in [2.45, 2.75) is 13.0 Å². The monoisotopic (exact) mass is 463 g/mol. The molecule has 1 atom stereocenters. The molecule has 4 rings (SSSR count). The highest BCUT2D eigenvalue weighted by molar-refractivity contribution is 6.51. The molecule has 0 aliphatic carbocycles. The van der Waals surface area contributed by atoms with Crippen LogP contribution in [0, 0.1) is 6.92 Å². The number of anilines is 1. The zero-order valence-electron chi connectivity index (χ0n) is 18.3. The van der Waals surface area contributed by atoms with Crippen molar-refractivity contribution in [3.63, 3.8) is 0 Å². The third kappa shape index (κ3) is 3.94. The van der Waals surface area contributed by atoms with E-state index in [-0.39, 0.29) is 11.3 Å². The van der Waals surface area contributed by atoms with Crippen LogP contribution in [0.1, 0.15) is 22.7 Å². The number of ketones is 1. The van der Waals surface area contributed by atoms with Crippen LogP contribution in [-0.2, 0) is 9.59 Å². The lowest BCUT2D eigenvalue weighted by atomic mass is 9.94. The molecule has 0 bridgehead atoms. The second-order valence-corrected chi connectivity index (χ2v) is 7.98. The van der Waals surface area contributed by atoms with E-state index in [0.29, 0.717) is 33.3 Å². The molecule has 0 aromatic heterocycles. The molecule has 1 saturated heterocycles. The number of nitrogens with zero attached hydrogens (tertiary/aromatic N) is 1. The van der Waals surface area contributed by atoms with E-state index in [1.54, 1.807) is 73.8 Å². The first-order valence-corrected chi connectivity index (χ1v) is 10.6. The zero-order valence-corrected chi connectivity index (χ0v) is 19.1. The van der Waals surface area contributed by atoms with Crippen molar-refractivity contribution < 1.29 is 24.2 Å². The molecule has 1 unspecified atom stereocenters. The van der Waals surface area contributed by atoms with Crippen LogP contribution < -0.4 is 14.4 Å². The summed E-state index contributed by atoms with van der Waals surface area (Å²) in [5, 5.41) is 11.7. The number of carbonyl (C=O) groups excluding carboxylic acids is 2. The number of halogens is 1. The molecule has 0 saturated carbocycles. The Labute approximate surface area is 196 Å². The van der Waals surface area contributed by atoms with E-state index >= 15 is 0 Å². The first-order chi connectivity index (χ1) is 15.9. The Balaban J connectivity index is 1.97. The van der Waals surface area contributed by atoms with Gasteiger partial charge in [0.05, 0.1) is 31.4 Å². The fraction of sp³-hybridized carbons (Fsp3) is 0.154. The maximum atomic E-state index is 13.3. The van der Waals surface area contributed by atoms with Crippen LogP contribution in [0.15, 0.2) is 72.3 Å². The SMILES string of the molecule is COc1ccc(C2/C(=C(\O)c3ccccc3OC)C(=O)C(=O)N2c2ccc(C)c(Cl)c2)cc1. The maximum Gasteiger partial charge on any atom is 0.300 e. The Hall–Kier alpha value is -3.77. The van der Waals surface area contributed by atoms with Gasteiger partial charge in [-0.1, -0.05) is 41.9 Å². The molecule has 7 heteroatoms. The van der Waals surface area contributed by atoms with Crippen molar-refractivity contribution in [2.75, 3.05) is 19.1 Å². The molecular weight excluding hydrogens is 442 g/mol. The number of para-hydroxylation sites is 1. The van der Waals surface area contributed by atoms with E-state index in [1.807, 2.05) is 6.92 Å². The quantitative estimate of drug-likeness (QED) is 0.316. The molecule has 6 nitrogen and oxygen atoms in total. The van der Waals surface area contributed by atoms with Crippen molar-refractivity contribution in [3.05, 3.63) is 94.0 Å². The number of amides is 1. The average Bonchev–Trinajstić information content (AvgIpc) is 3.10. The number of methoxy groups -OCH3 is 2. The second-order valence-electron chi connectivity index (χ2n) is 7.58. The van der Waals surface area contributed by atoms with Gasteiger partial charge in [0.25, 0.3) is 11.7 Å². The van der Waals surface area contributed by atoms with Gasteiger partial charge in [-0.15, -0.1) is 0 Å². The number of aliphatic hydroxyl groups excluding tert-OH is 1. The van der Waals surface area contributed by atoms with E-state index in [2.05, 4.69) is 0 Å². The van der Waals surface area contributed by atoms with Gasteiger partial charge in [0, 0.05) is 10.7 Å². The number of ether oxygens (including phenoxy) is 2. The largest absolute Gasteiger partial charge is 0.507 e. The van der Waals surface area contributed by atoms with Crippen LogP contribution in [0.3, 0.4) is 0 Å². The van der Waals surface area contributed by atoms with Crippen LogP contribution in [0.2, 0.25) is 5.02 Å². The van der Waals surface area contributed by atoms with Crippen molar-refractivity contribution in [1.29, 1.82) is 0 Å². The minimum Gasteiger partial charge on any atom is -0.507 e. The molecule has 1 fully saturated rings. The molecule has 1 aliphatic heterocycles. The van der Waals surface area contributed by atoms with Gasteiger partial charge in [-0.2, -0.15) is 0 Å². The molecule has 0 spiro atoms. The highest BCUT2D eigenvalue weighted by Gasteiger charge is 2.47. The molecule has 1 aliphatic rings. The lowest BCUT2D eigenvalue weighted by Gasteiger charge is -2.26. The first kappa shape index (κ1) is 22.4. The minimum atomic E-state index is -0.875. The van der Waals surface area contributed by atoms with Gasteiger partial charge < -0.3 is 14.6 Å². The van der Waals surface area contributed by atoms with E-state index in [4.69, 9.17) is 21.1 Å². The van der Waals surface area contributed by atoms with Crippen LogP contribution in [0.5, 0.6) is 11.5 Å². The van der Waals surface area contributed by atoms with Crippen molar-refractivity contribution in [2.24, 2.45) is 0 Å². The Kier molecular flexibility index (Phi) is 6.11. The van der Waals surface area contributed by atoms with Crippen LogP contribution >= 0.6 is 11.6 Å². The number of rotatable bonds is 5. The Morgan fingerprint density at radius 1 is 0.970 bits per heavy atom. The molecule has 3 aromatic carbocycles. The summed E-state index contributed by atoms with van der Waals surface area (Å²) in [6.07, 6.45) is 0. The molecule has 168 valence electrons. The van der Waals surface area contributed by atoms with Gasteiger partial charge in [-0.05, 0) is 54.4 Å². The number of aryl methyl sites for hydroxylation is 1. The normalized spacial score (nSPS) is 17.3. The average molecular weight is 464 g/mol. The van der Waals surface area contributed by atoms with Gasteiger partial charge in [-0.3, -0.25) is 14.5 Å². The summed E-state index contributed by atoms with van der Waals surface area (Å²) in [4.78, 5) is 27.9. The summed E-state index contributed by atoms with van der Waals surface area (Å²) >= 11 is 6.33. The Bertz CT molecular complexity index is 1270. The van der Waals surface area contributed by atoms with Gasteiger partial charge in [-0.25, -0.2) is 0 Å². The number of hydrogen-bond acceptors (Lipinski definition) is 5. The molecule has 0 radical (unpaired) electrons. The standard InChI is InChI=1S/C26H22ClNO5/c1-15-8-11-17(14-20(15)27)28-23(16-9-12-18(32-2)13-10-16)22(25(30)26(28)31)24(29)19-6-4-5-7-21(19)33-3/h4-14,23,29H,1-3H3/b24-22+. The van der Waals surface area contributed by atoms with Crippen molar-refractivity contribution in [3.8, 4) is 11.5 Å². The highest BCUT2D eigenvalue weighted by atomic mass is 35.5. The highest BCUT2D eigenvalue weighted by Crippen LogP contribution is 2.44. The molecule has 1 amide bonds. The van der Waals surface area contributed by atoms with Gasteiger partial charge in [0.1, 0.15) is 17.3 Å². The third-order valence-corrected chi connectivity index (χ3v) is 6.08. The third-order valence-electron chi connectivity index (χ3n) is 5.67. The van der Waals surface area contributed by atoms with E-state index in [1.165, 1.54) is 12.0 Å². The Morgan fingerprint density at radius 3 is 2.30 bits per heavy atom. The summed E-state index contributed by atoms with van der Waals surface area (Å²) in [6.45, 7) is 1.85. The topological polar surface area (TPSA) is 76.1 Å². The van der Waals surface area contributed by atoms with Gasteiger partial charge in [0.2, 0.25) is 0 Å². The molecule has 3 aromatic rings. The second kappa shape index (κ2) is 9.00. The van der Waals surface area contributed by atoms with E-state index < -0.39 is 17.7 Å². The summed E-state index contributed by atoms with van der Waals surface area (Å²) in [5.74, 6) is -0.859. The summed E-state index contributed by atoms with van der Waals surface area (Å²) in [6, 6.07) is 18.0. The summed E-state index contributed by atoms with van der Waals surface area (Å²) in [7, 11) is 3.02. The van der Waals surface area contributed by atoms with Crippen molar-refractivity contribution in [1.82, 2.24) is 0 Å². The van der Waals surface area contributed by atoms with Gasteiger partial charge in [0.15, 0.2) is 0 Å². The fourth-order valence-corrected chi connectivity index (χ4v) is 4.09. The number of aliphatic hydroxyl groups is 1. The summed E-state index contributed by atoms with van der Waals surface area (Å²) in [5.41, 5.74) is 2.20. The Morgan fingerprint density at radius 2 is 1.67 bits per heavy atom. The van der Waals surface area contributed by atoms with Crippen molar-refractivity contribution >= 4 is 34.7 Å². The summed E-state index contributed by atoms with van der Waals surface area (Å²) < 4.78 is 10.6. The lowest BCUT2D eigenvalue weighted by Crippen LogP contribution is -2.29. The van der Waals surface area contributed by atoms with Crippen LogP contribution in [0.4, 0.5) is 5.69 Å². The minimum absolute atomic E-state index is 0.0358.